The lowest BCUT2D eigenvalue weighted by atomic mass is 10.0. The van der Waals surface area contributed by atoms with E-state index in [0.29, 0.717) is 11.5 Å². The molecule has 0 N–H and O–H groups in total. The molecule has 0 amide bonds. The molecule has 0 spiro atoms. The minimum atomic E-state index is -0.705. The van der Waals surface area contributed by atoms with Crippen molar-refractivity contribution in [1.82, 2.24) is 0 Å². The number of hydrogen-bond acceptors (Lipinski definition) is 3. The van der Waals surface area contributed by atoms with Crippen molar-refractivity contribution in [3.8, 4) is 11.5 Å². The summed E-state index contributed by atoms with van der Waals surface area (Å²) in [5, 5.41) is 0. The van der Waals surface area contributed by atoms with Crippen LogP contribution in [0.1, 0.15) is 82.8 Å². The summed E-state index contributed by atoms with van der Waals surface area (Å²) in [5.74, 6) is 1.01. The smallest absolute Gasteiger partial charge is 0.395 e. The third-order valence-corrected chi connectivity index (χ3v) is 5.11. The van der Waals surface area contributed by atoms with Crippen molar-refractivity contribution in [2.24, 2.45) is 0 Å². The van der Waals surface area contributed by atoms with Crippen LogP contribution < -0.4 is 9.47 Å². The van der Waals surface area contributed by atoms with E-state index < -0.39 is 6.16 Å². The molecule has 158 valence electrons. The van der Waals surface area contributed by atoms with E-state index in [0.717, 1.165) is 19.3 Å². The summed E-state index contributed by atoms with van der Waals surface area (Å²) in [5.41, 5.74) is 2.52. The minimum Gasteiger partial charge on any atom is -0.395 e. The van der Waals surface area contributed by atoms with Crippen LogP contribution in [0.5, 0.6) is 11.5 Å². The molecule has 0 fully saturated rings. The van der Waals surface area contributed by atoms with Gasteiger partial charge in [-0.1, -0.05) is 89.5 Å². The van der Waals surface area contributed by atoms with Crippen molar-refractivity contribution >= 4 is 6.16 Å². The highest BCUT2D eigenvalue weighted by Gasteiger charge is 2.08. The lowest BCUT2D eigenvalue weighted by Gasteiger charge is -2.07. The fourth-order valence-corrected chi connectivity index (χ4v) is 3.41. The summed E-state index contributed by atoms with van der Waals surface area (Å²) < 4.78 is 10.5. The second kappa shape index (κ2) is 13.8. The van der Waals surface area contributed by atoms with Crippen LogP contribution in [0, 0.1) is 0 Å². The number of aryl methyl sites for hydroxylation is 2. The average molecular weight is 397 g/mol. The molecular weight excluding hydrogens is 360 g/mol. The number of unbranched alkanes of at least 4 members (excludes halogenated alkanes) is 7. The number of ether oxygens (including phenoxy) is 2. The van der Waals surface area contributed by atoms with Gasteiger partial charge in [-0.3, -0.25) is 0 Å². The molecule has 0 bridgehead atoms. The third kappa shape index (κ3) is 9.65. The van der Waals surface area contributed by atoms with Crippen LogP contribution in [0.25, 0.3) is 0 Å². The van der Waals surface area contributed by atoms with E-state index in [2.05, 4.69) is 13.8 Å². The molecule has 2 rings (SSSR count). The Morgan fingerprint density at radius 2 is 1.03 bits per heavy atom. The zero-order chi connectivity index (χ0) is 20.7. The summed E-state index contributed by atoms with van der Waals surface area (Å²) in [6.45, 7) is 4.40. The average Bonchev–Trinajstić information content (AvgIpc) is 2.73. The Kier molecular flexibility index (Phi) is 11.0. The van der Waals surface area contributed by atoms with E-state index in [1.165, 1.54) is 62.5 Å². The lowest BCUT2D eigenvalue weighted by Crippen LogP contribution is -2.13. The molecule has 0 saturated carbocycles. The van der Waals surface area contributed by atoms with Crippen LogP contribution in [0.15, 0.2) is 48.5 Å². The van der Waals surface area contributed by atoms with Crippen LogP contribution in [0.2, 0.25) is 0 Å². The quantitative estimate of drug-likeness (QED) is 0.196. The number of carbonyl (C=O) groups excluding carboxylic acids is 1. The van der Waals surface area contributed by atoms with E-state index in [1.54, 1.807) is 12.1 Å². The molecule has 29 heavy (non-hydrogen) atoms. The van der Waals surface area contributed by atoms with Gasteiger partial charge in [-0.15, -0.1) is 0 Å². The Balaban J connectivity index is 1.65. The molecule has 3 nitrogen and oxygen atoms in total. The van der Waals surface area contributed by atoms with Crippen molar-refractivity contribution in [3.63, 3.8) is 0 Å². The molecule has 0 saturated heterocycles. The number of rotatable bonds is 13. The number of benzene rings is 2. The van der Waals surface area contributed by atoms with Gasteiger partial charge >= 0.3 is 6.16 Å². The summed E-state index contributed by atoms with van der Waals surface area (Å²) in [6.07, 6.45) is 13.1. The summed E-state index contributed by atoms with van der Waals surface area (Å²) in [6, 6.07) is 15.3. The van der Waals surface area contributed by atoms with Gasteiger partial charge in [0.05, 0.1) is 0 Å². The van der Waals surface area contributed by atoms with Gasteiger partial charge in [-0.2, -0.15) is 0 Å². The third-order valence-electron chi connectivity index (χ3n) is 5.11. The first-order valence-electron chi connectivity index (χ1n) is 11.3. The second-order valence-corrected chi connectivity index (χ2v) is 7.72. The summed E-state index contributed by atoms with van der Waals surface area (Å²) >= 11 is 0. The molecule has 0 radical (unpaired) electrons. The Labute approximate surface area is 176 Å². The van der Waals surface area contributed by atoms with Crippen molar-refractivity contribution < 1.29 is 14.3 Å². The van der Waals surface area contributed by atoms with Crippen molar-refractivity contribution in [2.45, 2.75) is 84.5 Å². The van der Waals surface area contributed by atoms with Gasteiger partial charge in [0.1, 0.15) is 11.5 Å². The molecule has 0 unspecified atom stereocenters. The van der Waals surface area contributed by atoms with E-state index in [-0.39, 0.29) is 0 Å². The van der Waals surface area contributed by atoms with E-state index in [4.69, 9.17) is 9.47 Å². The molecule has 3 heteroatoms. The van der Waals surface area contributed by atoms with Crippen LogP contribution in [0.4, 0.5) is 4.79 Å². The van der Waals surface area contributed by atoms with Gasteiger partial charge in [0.25, 0.3) is 0 Å². The molecule has 0 aromatic heterocycles. The topological polar surface area (TPSA) is 35.5 Å². The van der Waals surface area contributed by atoms with Crippen LogP contribution in [-0.4, -0.2) is 6.16 Å². The van der Waals surface area contributed by atoms with E-state index in [1.807, 2.05) is 36.4 Å². The second-order valence-electron chi connectivity index (χ2n) is 7.72. The first-order chi connectivity index (χ1) is 14.2. The van der Waals surface area contributed by atoms with Crippen LogP contribution in [0.3, 0.4) is 0 Å². The van der Waals surface area contributed by atoms with E-state index >= 15 is 0 Å². The highest BCUT2D eigenvalue weighted by molar-refractivity contribution is 5.67. The Morgan fingerprint density at radius 1 is 0.586 bits per heavy atom. The highest BCUT2D eigenvalue weighted by atomic mass is 16.7. The maximum Gasteiger partial charge on any atom is 0.519 e. The molecular formula is C26H36O3. The van der Waals surface area contributed by atoms with Gasteiger partial charge in [-0.25, -0.2) is 4.79 Å². The van der Waals surface area contributed by atoms with Gasteiger partial charge in [0.15, 0.2) is 0 Å². The normalized spacial score (nSPS) is 10.7. The van der Waals surface area contributed by atoms with Crippen LogP contribution in [-0.2, 0) is 12.8 Å². The molecule has 0 atom stereocenters. The molecule has 0 aliphatic heterocycles. The summed E-state index contributed by atoms with van der Waals surface area (Å²) in [4.78, 5) is 12.0. The standard InChI is InChI=1S/C26H36O3/c1-3-5-6-7-8-9-10-11-13-23-16-20-25(21-17-23)29-26(27)28-24-18-14-22(12-4-2)15-19-24/h14-21H,3-13H2,1-2H3. The molecule has 0 aliphatic carbocycles. The highest BCUT2D eigenvalue weighted by Crippen LogP contribution is 2.18. The molecule has 2 aromatic carbocycles. The van der Waals surface area contributed by atoms with Gasteiger partial charge in [0.2, 0.25) is 0 Å². The Bertz CT molecular complexity index is 689. The maximum absolute atomic E-state index is 12.0. The zero-order valence-corrected chi connectivity index (χ0v) is 18.1. The molecule has 0 heterocycles. The molecule has 2 aromatic rings. The van der Waals surface area contributed by atoms with Crippen molar-refractivity contribution in [3.05, 3.63) is 59.7 Å². The summed E-state index contributed by atoms with van der Waals surface area (Å²) in [7, 11) is 0. The monoisotopic (exact) mass is 396 g/mol. The number of hydrogen-bond donors (Lipinski definition) is 0. The SMILES string of the molecule is CCCCCCCCCCc1ccc(OC(=O)Oc2ccc(CCC)cc2)cc1. The first-order valence-corrected chi connectivity index (χ1v) is 11.3. The Morgan fingerprint density at radius 3 is 1.52 bits per heavy atom. The predicted octanol–water partition coefficient (Wildman–Crippen LogP) is 7.90. The first kappa shape index (κ1) is 23.0. The minimum absolute atomic E-state index is 0.501. The Hall–Kier alpha value is -2.29. The van der Waals surface area contributed by atoms with Gasteiger partial charge in [-0.05, 0) is 54.7 Å². The van der Waals surface area contributed by atoms with Gasteiger partial charge < -0.3 is 9.47 Å². The fraction of sp³-hybridized carbons (Fsp3) is 0.500. The molecule has 0 aliphatic rings. The number of carbonyl (C=O) groups is 1. The van der Waals surface area contributed by atoms with Crippen molar-refractivity contribution in [2.75, 3.05) is 0 Å². The van der Waals surface area contributed by atoms with Crippen LogP contribution >= 0.6 is 0 Å². The van der Waals surface area contributed by atoms with Gasteiger partial charge in [0, 0.05) is 0 Å². The lowest BCUT2D eigenvalue weighted by molar-refractivity contribution is 0.152. The maximum atomic E-state index is 12.0. The predicted molar refractivity (Wildman–Crippen MR) is 120 cm³/mol. The largest absolute Gasteiger partial charge is 0.519 e. The van der Waals surface area contributed by atoms with E-state index in [9.17, 15) is 4.79 Å². The fourth-order valence-electron chi connectivity index (χ4n) is 3.41. The zero-order valence-electron chi connectivity index (χ0n) is 18.1. The van der Waals surface area contributed by atoms with Crippen molar-refractivity contribution in [1.29, 1.82) is 0 Å².